The Bertz CT molecular complexity index is 645. The van der Waals surface area contributed by atoms with Crippen LogP contribution in [0.4, 0.5) is 5.69 Å². The van der Waals surface area contributed by atoms with E-state index in [1.165, 1.54) is 6.20 Å². The van der Waals surface area contributed by atoms with E-state index in [2.05, 4.69) is 4.98 Å². The highest BCUT2D eigenvalue weighted by Gasteiger charge is 2.10. The Balaban J connectivity index is 2.48. The van der Waals surface area contributed by atoms with E-state index in [9.17, 15) is 4.79 Å². The number of hydrogen-bond acceptors (Lipinski definition) is 3. The molecule has 0 atom stereocenters. The molecule has 0 radical (unpaired) electrons. The first-order valence-corrected chi connectivity index (χ1v) is 6.14. The number of hydrogen-bond donors (Lipinski definition) is 2. The van der Waals surface area contributed by atoms with Gasteiger partial charge in [-0.15, -0.1) is 0 Å². The van der Waals surface area contributed by atoms with Gasteiger partial charge in [0.05, 0.1) is 29.0 Å². The van der Waals surface area contributed by atoms with E-state index >= 15 is 0 Å². The molecule has 2 aromatic rings. The van der Waals surface area contributed by atoms with Crippen molar-refractivity contribution in [2.45, 2.75) is 6.42 Å². The third kappa shape index (κ3) is 3.16. The quantitative estimate of drug-likeness (QED) is 0.911. The molecule has 0 aliphatic heterocycles. The van der Waals surface area contributed by atoms with Gasteiger partial charge in [-0.1, -0.05) is 23.2 Å². The van der Waals surface area contributed by atoms with Crippen LogP contribution in [0.3, 0.4) is 0 Å². The topological polar surface area (TPSA) is 76.2 Å². The van der Waals surface area contributed by atoms with Gasteiger partial charge >= 0.3 is 5.97 Å². The van der Waals surface area contributed by atoms with Crippen LogP contribution in [0.1, 0.15) is 5.56 Å². The minimum Gasteiger partial charge on any atom is -0.481 e. The van der Waals surface area contributed by atoms with E-state index in [1.807, 2.05) is 0 Å². The van der Waals surface area contributed by atoms with Gasteiger partial charge in [-0.05, 0) is 29.8 Å². The average Bonchev–Trinajstić information content (AvgIpc) is 2.32. The van der Waals surface area contributed by atoms with Crippen molar-refractivity contribution >= 4 is 34.9 Å². The van der Waals surface area contributed by atoms with Gasteiger partial charge in [-0.3, -0.25) is 9.78 Å². The van der Waals surface area contributed by atoms with Crippen LogP contribution in [0.2, 0.25) is 10.0 Å². The highest BCUT2D eigenvalue weighted by Crippen LogP contribution is 2.30. The fourth-order valence-electron chi connectivity index (χ4n) is 1.67. The van der Waals surface area contributed by atoms with Crippen LogP contribution in [0, 0.1) is 0 Å². The number of nitrogens with two attached hydrogens (primary N) is 1. The molecular formula is C13H10Cl2N2O2. The maximum atomic E-state index is 10.8. The van der Waals surface area contributed by atoms with Crippen molar-refractivity contribution in [3.63, 3.8) is 0 Å². The molecule has 0 unspecified atom stereocenters. The summed E-state index contributed by atoms with van der Waals surface area (Å²) < 4.78 is 0. The minimum absolute atomic E-state index is 0.160. The van der Waals surface area contributed by atoms with Crippen LogP contribution in [-0.4, -0.2) is 16.1 Å². The zero-order chi connectivity index (χ0) is 14.0. The Labute approximate surface area is 119 Å². The normalized spacial score (nSPS) is 10.4. The summed E-state index contributed by atoms with van der Waals surface area (Å²) in [6.45, 7) is 0. The lowest BCUT2D eigenvalue weighted by Gasteiger charge is -2.08. The van der Waals surface area contributed by atoms with Crippen molar-refractivity contribution in [3.8, 4) is 11.3 Å². The standard InChI is InChI=1S/C13H10Cl2N2O2/c14-8-1-2-9(10(15)5-8)12-3-7(4-13(18)19)11(16)6-17-12/h1-3,5-6H,4,16H2,(H,18,19). The molecule has 0 fully saturated rings. The van der Waals surface area contributed by atoms with E-state index in [-0.39, 0.29) is 6.42 Å². The number of carboxylic acid groups (broad SMARTS) is 1. The molecule has 3 N–H and O–H groups in total. The number of carbonyl (C=O) groups is 1. The zero-order valence-corrected chi connectivity index (χ0v) is 11.2. The van der Waals surface area contributed by atoms with Gasteiger partial charge in [0.2, 0.25) is 0 Å². The number of aromatic nitrogens is 1. The smallest absolute Gasteiger partial charge is 0.307 e. The van der Waals surface area contributed by atoms with Gasteiger partial charge in [0.15, 0.2) is 0 Å². The molecule has 1 aromatic heterocycles. The zero-order valence-electron chi connectivity index (χ0n) is 9.73. The third-order valence-corrected chi connectivity index (χ3v) is 3.12. The monoisotopic (exact) mass is 296 g/mol. The molecule has 0 aliphatic rings. The molecule has 2 rings (SSSR count). The highest BCUT2D eigenvalue weighted by molar-refractivity contribution is 6.36. The van der Waals surface area contributed by atoms with Gasteiger partial charge in [-0.2, -0.15) is 0 Å². The number of pyridine rings is 1. The van der Waals surface area contributed by atoms with Gasteiger partial charge in [0.1, 0.15) is 0 Å². The number of carboxylic acids is 1. The Morgan fingerprint density at radius 3 is 2.68 bits per heavy atom. The summed E-state index contributed by atoms with van der Waals surface area (Å²) in [7, 11) is 0. The molecule has 98 valence electrons. The number of aliphatic carboxylic acids is 1. The maximum absolute atomic E-state index is 10.8. The lowest BCUT2D eigenvalue weighted by atomic mass is 10.1. The van der Waals surface area contributed by atoms with Crippen LogP contribution < -0.4 is 5.73 Å². The Hall–Kier alpha value is -1.78. The van der Waals surface area contributed by atoms with E-state index in [0.29, 0.717) is 32.6 Å². The fraction of sp³-hybridized carbons (Fsp3) is 0.0769. The van der Waals surface area contributed by atoms with Gasteiger partial charge in [0, 0.05) is 10.6 Å². The summed E-state index contributed by atoms with van der Waals surface area (Å²) in [5.41, 5.74) is 7.79. The summed E-state index contributed by atoms with van der Waals surface area (Å²) in [6, 6.07) is 6.65. The second-order valence-corrected chi connectivity index (χ2v) is 4.81. The molecule has 0 saturated heterocycles. The minimum atomic E-state index is -0.953. The highest BCUT2D eigenvalue weighted by atomic mass is 35.5. The largest absolute Gasteiger partial charge is 0.481 e. The molecule has 1 aromatic carbocycles. The summed E-state index contributed by atoms with van der Waals surface area (Å²) >= 11 is 11.9. The summed E-state index contributed by atoms with van der Waals surface area (Å²) in [5.74, 6) is -0.953. The van der Waals surface area contributed by atoms with Gasteiger partial charge < -0.3 is 10.8 Å². The molecule has 0 spiro atoms. The number of anilines is 1. The summed E-state index contributed by atoms with van der Waals surface area (Å²) in [6.07, 6.45) is 1.27. The van der Waals surface area contributed by atoms with Crippen molar-refractivity contribution < 1.29 is 9.90 Å². The molecule has 0 amide bonds. The van der Waals surface area contributed by atoms with Crippen LogP contribution in [0.15, 0.2) is 30.5 Å². The van der Waals surface area contributed by atoms with Crippen LogP contribution in [-0.2, 0) is 11.2 Å². The molecule has 19 heavy (non-hydrogen) atoms. The maximum Gasteiger partial charge on any atom is 0.307 e. The number of benzene rings is 1. The third-order valence-electron chi connectivity index (χ3n) is 2.57. The van der Waals surface area contributed by atoms with E-state index in [1.54, 1.807) is 24.3 Å². The Kier molecular flexibility index (Phi) is 3.93. The van der Waals surface area contributed by atoms with Gasteiger partial charge in [-0.25, -0.2) is 0 Å². The van der Waals surface area contributed by atoms with E-state index in [4.69, 9.17) is 34.0 Å². The van der Waals surface area contributed by atoms with Crippen LogP contribution in [0.5, 0.6) is 0 Å². The summed E-state index contributed by atoms with van der Waals surface area (Å²) in [5, 5.41) is 9.80. The molecule has 6 heteroatoms. The predicted octanol–water partition coefficient (Wildman–Crippen LogP) is 3.26. The van der Waals surface area contributed by atoms with Crippen molar-refractivity contribution in [1.29, 1.82) is 0 Å². The molecule has 0 aliphatic carbocycles. The first-order chi connectivity index (χ1) is 8.97. The molecule has 0 bridgehead atoms. The van der Waals surface area contributed by atoms with Gasteiger partial charge in [0.25, 0.3) is 0 Å². The number of nitrogens with zero attached hydrogens (tertiary/aromatic N) is 1. The van der Waals surface area contributed by atoms with Crippen molar-refractivity contribution in [2.24, 2.45) is 0 Å². The average molecular weight is 297 g/mol. The van der Waals surface area contributed by atoms with E-state index in [0.717, 1.165) is 0 Å². The number of halogens is 2. The summed E-state index contributed by atoms with van der Waals surface area (Å²) in [4.78, 5) is 14.9. The number of nitrogen functional groups attached to an aromatic ring is 1. The molecule has 1 heterocycles. The molecule has 0 saturated carbocycles. The number of rotatable bonds is 3. The van der Waals surface area contributed by atoms with Crippen molar-refractivity contribution in [2.75, 3.05) is 5.73 Å². The lowest BCUT2D eigenvalue weighted by molar-refractivity contribution is -0.136. The predicted molar refractivity (Wildman–Crippen MR) is 75.4 cm³/mol. The Morgan fingerprint density at radius 1 is 1.32 bits per heavy atom. The lowest BCUT2D eigenvalue weighted by Crippen LogP contribution is -2.04. The van der Waals surface area contributed by atoms with Crippen LogP contribution >= 0.6 is 23.2 Å². The molecular weight excluding hydrogens is 287 g/mol. The van der Waals surface area contributed by atoms with Crippen LogP contribution in [0.25, 0.3) is 11.3 Å². The molecule has 4 nitrogen and oxygen atoms in total. The Morgan fingerprint density at radius 2 is 2.05 bits per heavy atom. The second-order valence-electron chi connectivity index (χ2n) is 3.96. The first kappa shape index (κ1) is 13.6. The SMILES string of the molecule is Nc1cnc(-c2ccc(Cl)cc2Cl)cc1CC(=O)O. The van der Waals surface area contributed by atoms with Crippen molar-refractivity contribution in [3.05, 3.63) is 46.1 Å². The second kappa shape index (κ2) is 5.47. The first-order valence-electron chi connectivity index (χ1n) is 5.39. The van der Waals surface area contributed by atoms with E-state index < -0.39 is 5.97 Å². The van der Waals surface area contributed by atoms with Crippen molar-refractivity contribution in [1.82, 2.24) is 4.98 Å². The fourth-order valence-corrected chi connectivity index (χ4v) is 2.17.